The highest BCUT2D eigenvalue weighted by atomic mass is 16.4. The molecule has 0 aliphatic rings. The van der Waals surface area contributed by atoms with Gasteiger partial charge in [-0.1, -0.05) is 18.2 Å². The van der Waals surface area contributed by atoms with Crippen LogP contribution in [0.15, 0.2) is 82.9 Å². The third kappa shape index (κ3) is 5.44. The zero-order chi connectivity index (χ0) is 25.7. The lowest BCUT2D eigenvalue weighted by atomic mass is 10.0. The number of aliphatic carboxylic acids is 1. The monoisotopic (exact) mass is 485 g/mol. The molecule has 182 valence electrons. The summed E-state index contributed by atoms with van der Waals surface area (Å²) in [6, 6.07) is 12.4. The number of benzene rings is 1. The van der Waals surface area contributed by atoms with E-state index in [1.54, 1.807) is 66.8 Å². The van der Waals surface area contributed by atoms with Crippen molar-refractivity contribution in [1.82, 2.24) is 9.97 Å². The number of carbonyl (C=O) groups excluding carboxylic acids is 1. The van der Waals surface area contributed by atoms with Gasteiger partial charge in [0.05, 0.1) is 0 Å². The molecule has 0 spiro atoms. The topological polar surface area (TPSA) is 142 Å². The predicted octanol–water partition coefficient (Wildman–Crippen LogP) is 2.07. The highest BCUT2D eigenvalue weighted by Crippen LogP contribution is 2.23. The van der Waals surface area contributed by atoms with Crippen molar-refractivity contribution in [1.29, 1.82) is 0 Å². The Kier molecular flexibility index (Phi) is 7.15. The Morgan fingerprint density at radius 1 is 0.944 bits per heavy atom. The summed E-state index contributed by atoms with van der Waals surface area (Å²) in [4.78, 5) is 58.2. The van der Waals surface area contributed by atoms with Gasteiger partial charge in [0.25, 0.3) is 16.8 Å². The number of nitrogens with one attached hydrogen (secondary N) is 2. The summed E-state index contributed by atoms with van der Waals surface area (Å²) in [6.07, 6.45) is 6.38. The van der Waals surface area contributed by atoms with E-state index in [-0.39, 0.29) is 23.7 Å². The lowest BCUT2D eigenvalue weighted by Gasteiger charge is -2.25. The Morgan fingerprint density at radius 3 is 2.31 bits per heavy atom. The van der Waals surface area contributed by atoms with E-state index in [4.69, 9.17) is 0 Å². The molecular weight excluding hydrogens is 462 g/mol. The first-order valence-corrected chi connectivity index (χ1v) is 11.1. The first-order valence-electron chi connectivity index (χ1n) is 11.1. The second-order valence-corrected chi connectivity index (χ2v) is 8.23. The van der Waals surface area contributed by atoms with Crippen LogP contribution in [0, 0.1) is 0 Å². The fourth-order valence-electron chi connectivity index (χ4n) is 3.76. The molecule has 0 aliphatic heterocycles. The van der Waals surface area contributed by atoms with Gasteiger partial charge in [-0.2, -0.15) is 0 Å². The number of anilines is 3. The number of carbonyl (C=O) groups is 2. The Morgan fingerprint density at radius 2 is 1.67 bits per heavy atom. The highest BCUT2D eigenvalue weighted by molar-refractivity contribution is 6.04. The van der Waals surface area contributed by atoms with Gasteiger partial charge in [0.15, 0.2) is 0 Å². The normalized spacial score (nSPS) is 11.6. The van der Waals surface area contributed by atoms with Crippen molar-refractivity contribution in [3.8, 4) is 0 Å². The molecule has 2 aromatic heterocycles. The number of nitrogens with zero attached hydrogens (tertiary/aromatic N) is 3. The van der Waals surface area contributed by atoms with Crippen molar-refractivity contribution in [3.05, 3.63) is 110 Å². The van der Waals surface area contributed by atoms with Crippen LogP contribution in [0.5, 0.6) is 0 Å². The molecule has 0 unspecified atom stereocenters. The van der Waals surface area contributed by atoms with Gasteiger partial charge in [-0.05, 0) is 41.5 Å². The summed E-state index contributed by atoms with van der Waals surface area (Å²) in [5.74, 6) is -1.46. The van der Waals surface area contributed by atoms with Gasteiger partial charge >= 0.3 is 5.97 Å². The third-order valence-electron chi connectivity index (χ3n) is 5.62. The molecule has 0 fully saturated rings. The maximum absolute atomic E-state index is 12.3. The van der Waals surface area contributed by atoms with Gasteiger partial charge in [-0.15, -0.1) is 0 Å². The molecule has 0 aliphatic carbocycles. The predicted molar refractivity (Wildman–Crippen MR) is 135 cm³/mol. The molecule has 1 atom stereocenters. The molecule has 4 rings (SSSR count). The highest BCUT2D eigenvalue weighted by Gasteiger charge is 2.28. The maximum Gasteiger partial charge on any atom is 0.326 e. The van der Waals surface area contributed by atoms with Gasteiger partial charge in [0, 0.05) is 56.1 Å². The third-order valence-corrected chi connectivity index (χ3v) is 5.62. The number of carboxylic acids is 1. The quantitative estimate of drug-likeness (QED) is 0.288. The van der Waals surface area contributed by atoms with E-state index in [0.717, 1.165) is 5.56 Å². The molecule has 2 aromatic carbocycles. The van der Waals surface area contributed by atoms with Gasteiger partial charge in [0.1, 0.15) is 17.4 Å². The second kappa shape index (κ2) is 10.6. The molecule has 0 radical (unpaired) electrons. The molecule has 0 saturated heterocycles. The number of hydrogen-bond acceptors (Lipinski definition) is 8. The SMILES string of the molecule is CN(Cc1cccnc1)c1c(N[C@@H](Cc2ccc(NC(=O)c3ccncc3)cc2)C(=O)O)c(=O)c1=O. The summed E-state index contributed by atoms with van der Waals surface area (Å²) < 4.78 is 0. The van der Waals surface area contributed by atoms with Crippen molar-refractivity contribution in [2.45, 2.75) is 19.0 Å². The van der Waals surface area contributed by atoms with Crippen LogP contribution in [0.3, 0.4) is 0 Å². The largest absolute Gasteiger partial charge is 0.480 e. The van der Waals surface area contributed by atoms with Crippen molar-refractivity contribution >= 4 is 28.9 Å². The van der Waals surface area contributed by atoms with Crippen molar-refractivity contribution in [3.63, 3.8) is 0 Å². The molecule has 10 heteroatoms. The molecule has 0 saturated carbocycles. The molecule has 4 aromatic rings. The van der Waals surface area contributed by atoms with Crippen LogP contribution in [-0.4, -0.2) is 40.0 Å². The van der Waals surface area contributed by atoms with Crippen LogP contribution < -0.4 is 26.4 Å². The van der Waals surface area contributed by atoms with Crippen LogP contribution in [0.4, 0.5) is 17.1 Å². The van der Waals surface area contributed by atoms with Crippen LogP contribution in [0.25, 0.3) is 0 Å². The zero-order valence-electron chi connectivity index (χ0n) is 19.3. The van der Waals surface area contributed by atoms with E-state index in [1.807, 2.05) is 6.07 Å². The summed E-state index contributed by atoms with van der Waals surface area (Å²) >= 11 is 0. The van der Waals surface area contributed by atoms with Crippen LogP contribution >= 0.6 is 0 Å². The number of hydrogen-bond donors (Lipinski definition) is 3. The Labute approximate surface area is 206 Å². The van der Waals surface area contributed by atoms with E-state index in [9.17, 15) is 24.3 Å². The minimum atomic E-state index is -1.17. The van der Waals surface area contributed by atoms with E-state index >= 15 is 0 Å². The number of aromatic nitrogens is 2. The fourth-order valence-corrected chi connectivity index (χ4v) is 3.76. The second-order valence-electron chi connectivity index (χ2n) is 8.23. The number of amides is 1. The Bertz CT molecular complexity index is 1430. The average Bonchev–Trinajstić information content (AvgIpc) is 2.89. The standard InChI is InChI=1S/C26H23N5O5/c1-31(15-17-3-2-10-28-14-17)22-21(23(32)24(22)33)30-20(26(35)36)13-16-4-6-19(7-5-16)29-25(34)18-8-11-27-12-9-18/h2-12,14,20,30H,13,15H2,1H3,(H,29,34)(H,35,36)/t20-/m0/s1. The Balaban J connectivity index is 1.44. The molecule has 1 amide bonds. The van der Waals surface area contributed by atoms with Gasteiger partial charge in [-0.25, -0.2) is 4.79 Å². The van der Waals surface area contributed by atoms with Gasteiger partial charge < -0.3 is 20.6 Å². The average molecular weight is 486 g/mol. The lowest BCUT2D eigenvalue weighted by molar-refractivity contribution is -0.137. The number of carboxylic acid groups (broad SMARTS) is 1. The smallest absolute Gasteiger partial charge is 0.326 e. The molecule has 0 bridgehead atoms. The van der Waals surface area contributed by atoms with Crippen molar-refractivity contribution < 1.29 is 14.7 Å². The molecule has 2 heterocycles. The minimum absolute atomic E-state index is 0.0139. The fraction of sp³-hybridized carbons (Fsp3) is 0.154. The minimum Gasteiger partial charge on any atom is -0.480 e. The first-order chi connectivity index (χ1) is 17.3. The van der Waals surface area contributed by atoms with Gasteiger partial charge in [0.2, 0.25) is 0 Å². The first kappa shape index (κ1) is 24.3. The number of rotatable bonds is 10. The molecular formula is C26H23N5O5. The van der Waals surface area contributed by atoms with Crippen LogP contribution in [0.2, 0.25) is 0 Å². The zero-order valence-corrected chi connectivity index (χ0v) is 19.3. The van der Waals surface area contributed by atoms with Crippen LogP contribution in [0.1, 0.15) is 21.5 Å². The van der Waals surface area contributed by atoms with E-state index < -0.39 is 22.9 Å². The summed E-state index contributed by atoms with van der Waals surface area (Å²) in [7, 11) is 1.66. The Hall–Kier alpha value is -4.86. The van der Waals surface area contributed by atoms with E-state index in [2.05, 4.69) is 20.6 Å². The maximum atomic E-state index is 12.3. The summed E-state index contributed by atoms with van der Waals surface area (Å²) in [6.45, 7) is 0.331. The molecule has 3 N–H and O–H groups in total. The summed E-state index contributed by atoms with van der Waals surface area (Å²) in [5, 5.41) is 15.3. The molecule has 36 heavy (non-hydrogen) atoms. The van der Waals surface area contributed by atoms with Crippen LogP contribution in [-0.2, 0) is 17.8 Å². The number of pyridine rings is 2. The van der Waals surface area contributed by atoms with Gasteiger partial charge in [-0.3, -0.25) is 24.4 Å². The van der Waals surface area contributed by atoms with E-state index in [0.29, 0.717) is 23.4 Å². The van der Waals surface area contributed by atoms with E-state index in [1.165, 1.54) is 12.4 Å². The van der Waals surface area contributed by atoms with Crippen molar-refractivity contribution in [2.24, 2.45) is 0 Å². The van der Waals surface area contributed by atoms with Crippen molar-refractivity contribution in [2.75, 3.05) is 22.6 Å². The molecule has 10 nitrogen and oxygen atoms in total. The summed E-state index contributed by atoms with van der Waals surface area (Å²) in [5.41, 5.74) is 1.23. The lowest BCUT2D eigenvalue weighted by Crippen LogP contribution is -2.44.